The summed E-state index contributed by atoms with van der Waals surface area (Å²) < 4.78 is 5.46. The van der Waals surface area contributed by atoms with E-state index in [1.54, 1.807) is 0 Å². The van der Waals surface area contributed by atoms with Gasteiger partial charge in [0.2, 0.25) is 5.91 Å². The molecule has 0 aliphatic carbocycles. The monoisotopic (exact) mass is 363 g/mol. The Labute approximate surface area is 159 Å². The number of hydrogen-bond acceptors (Lipinski definition) is 3. The summed E-state index contributed by atoms with van der Waals surface area (Å²) in [6, 6.07) is 15.9. The first-order valence-corrected chi connectivity index (χ1v) is 9.67. The number of amides is 1. The summed E-state index contributed by atoms with van der Waals surface area (Å²) in [6.45, 7) is 4.17. The fourth-order valence-corrected chi connectivity index (χ4v) is 3.75. The van der Waals surface area contributed by atoms with Crippen LogP contribution in [-0.4, -0.2) is 40.5 Å². The number of rotatable bonds is 5. The lowest BCUT2D eigenvalue weighted by molar-refractivity contribution is -0.131. The molecule has 5 heteroatoms. The molecule has 5 nitrogen and oxygen atoms in total. The molecule has 1 saturated heterocycles. The molecule has 3 aromatic rings. The molecule has 0 radical (unpaired) electrons. The number of carbonyl (C=O) groups excluding carboxylic acids is 1. The van der Waals surface area contributed by atoms with Crippen molar-refractivity contribution in [1.82, 2.24) is 14.9 Å². The maximum Gasteiger partial charge on any atom is 0.227 e. The number of benzene rings is 2. The van der Waals surface area contributed by atoms with Crippen molar-refractivity contribution < 1.29 is 9.53 Å². The van der Waals surface area contributed by atoms with Crippen molar-refractivity contribution in [2.75, 3.05) is 19.7 Å². The highest BCUT2D eigenvalue weighted by Gasteiger charge is 2.26. The fourth-order valence-electron chi connectivity index (χ4n) is 3.75. The Morgan fingerprint density at radius 3 is 2.81 bits per heavy atom. The van der Waals surface area contributed by atoms with E-state index >= 15 is 0 Å². The van der Waals surface area contributed by atoms with Gasteiger partial charge in [-0.3, -0.25) is 4.79 Å². The van der Waals surface area contributed by atoms with Gasteiger partial charge in [0.15, 0.2) is 0 Å². The quantitative estimate of drug-likeness (QED) is 0.748. The number of hydrogen-bond donors (Lipinski definition) is 1. The van der Waals surface area contributed by atoms with Gasteiger partial charge < -0.3 is 14.6 Å². The first kappa shape index (κ1) is 17.6. The molecular formula is C22H25N3O2. The van der Waals surface area contributed by atoms with Gasteiger partial charge in [0.1, 0.15) is 11.6 Å². The van der Waals surface area contributed by atoms with Crippen LogP contribution in [0.4, 0.5) is 0 Å². The minimum Gasteiger partial charge on any atom is -0.494 e. The molecule has 2 heterocycles. The van der Waals surface area contributed by atoms with E-state index in [1.165, 1.54) is 0 Å². The second-order valence-electron chi connectivity index (χ2n) is 7.07. The minimum atomic E-state index is 0.181. The number of para-hydroxylation sites is 2. The summed E-state index contributed by atoms with van der Waals surface area (Å²) in [4.78, 5) is 22.9. The number of H-pyrrole nitrogens is 1. The van der Waals surface area contributed by atoms with Crippen LogP contribution < -0.4 is 4.74 Å². The highest BCUT2D eigenvalue weighted by atomic mass is 16.5. The number of likely N-dealkylation sites (tertiary alicyclic amines) is 1. The predicted octanol–water partition coefficient (Wildman–Crippen LogP) is 3.91. The Bertz CT molecular complexity index is 884. The van der Waals surface area contributed by atoms with Crippen molar-refractivity contribution in [2.24, 2.45) is 0 Å². The van der Waals surface area contributed by atoms with Gasteiger partial charge in [-0.1, -0.05) is 24.3 Å². The van der Waals surface area contributed by atoms with E-state index in [-0.39, 0.29) is 11.8 Å². The number of nitrogens with zero attached hydrogens (tertiary/aromatic N) is 2. The number of ether oxygens (including phenoxy) is 1. The normalized spacial score (nSPS) is 17.2. The summed E-state index contributed by atoms with van der Waals surface area (Å²) in [7, 11) is 0. The number of imidazole rings is 1. The lowest BCUT2D eigenvalue weighted by Crippen LogP contribution is -2.40. The van der Waals surface area contributed by atoms with Crippen molar-refractivity contribution >= 4 is 16.9 Å². The molecule has 1 aliphatic rings. The van der Waals surface area contributed by atoms with Crippen LogP contribution in [-0.2, 0) is 11.2 Å². The molecule has 0 spiro atoms. The van der Waals surface area contributed by atoms with Crippen LogP contribution in [0.2, 0.25) is 0 Å². The molecule has 140 valence electrons. The van der Waals surface area contributed by atoms with Crippen molar-refractivity contribution in [1.29, 1.82) is 0 Å². The Morgan fingerprint density at radius 2 is 2.04 bits per heavy atom. The topological polar surface area (TPSA) is 58.2 Å². The molecule has 1 amide bonds. The van der Waals surface area contributed by atoms with E-state index in [0.717, 1.165) is 54.1 Å². The van der Waals surface area contributed by atoms with Crippen LogP contribution >= 0.6 is 0 Å². The minimum absolute atomic E-state index is 0.181. The molecule has 27 heavy (non-hydrogen) atoms. The largest absolute Gasteiger partial charge is 0.494 e. The van der Waals surface area contributed by atoms with Gasteiger partial charge in [-0.25, -0.2) is 4.98 Å². The average molecular weight is 363 g/mol. The van der Waals surface area contributed by atoms with Crippen LogP contribution in [0.1, 0.15) is 37.1 Å². The van der Waals surface area contributed by atoms with Gasteiger partial charge in [-0.05, 0) is 49.6 Å². The highest BCUT2D eigenvalue weighted by Crippen LogP contribution is 2.27. The van der Waals surface area contributed by atoms with Crippen LogP contribution in [0, 0.1) is 0 Å². The second kappa shape index (κ2) is 7.82. The smallest absolute Gasteiger partial charge is 0.227 e. The van der Waals surface area contributed by atoms with Crippen molar-refractivity contribution in [3.8, 4) is 5.75 Å². The first-order valence-electron chi connectivity index (χ1n) is 9.67. The number of nitrogens with one attached hydrogen (secondary N) is 1. The molecule has 1 N–H and O–H groups in total. The van der Waals surface area contributed by atoms with Gasteiger partial charge in [0.05, 0.1) is 24.1 Å². The molecule has 0 saturated carbocycles. The van der Waals surface area contributed by atoms with Gasteiger partial charge in [0.25, 0.3) is 0 Å². The van der Waals surface area contributed by atoms with E-state index in [0.29, 0.717) is 13.0 Å². The van der Waals surface area contributed by atoms with Crippen LogP contribution in [0.5, 0.6) is 5.75 Å². The number of aromatic amines is 1. The van der Waals surface area contributed by atoms with Crippen molar-refractivity contribution in [2.45, 2.75) is 32.1 Å². The van der Waals surface area contributed by atoms with Gasteiger partial charge >= 0.3 is 0 Å². The molecule has 0 bridgehead atoms. The average Bonchev–Trinajstić information content (AvgIpc) is 3.14. The third-order valence-electron chi connectivity index (χ3n) is 5.16. The number of aromatic nitrogens is 2. The molecule has 1 fully saturated rings. The number of piperidine rings is 1. The van der Waals surface area contributed by atoms with E-state index in [2.05, 4.69) is 4.98 Å². The highest BCUT2D eigenvalue weighted by molar-refractivity contribution is 5.79. The van der Waals surface area contributed by atoms with Crippen molar-refractivity contribution in [3.63, 3.8) is 0 Å². The summed E-state index contributed by atoms with van der Waals surface area (Å²) >= 11 is 0. The maximum absolute atomic E-state index is 12.8. The molecule has 1 aromatic heterocycles. The Balaban J connectivity index is 1.41. The fraction of sp³-hybridized carbons (Fsp3) is 0.364. The summed E-state index contributed by atoms with van der Waals surface area (Å²) in [6.07, 6.45) is 2.50. The lowest BCUT2D eigenvalue weighted by atomic mass is 9.96. The van der Waals surface area contributed by atoms with E-state index in [4.69, 9.17) is 9.72 Å². The SMILES string of the molecule is CCOc1ccc(CC(=O)N2CCCC(c3nc4ccccc4[nH]3)C2)cc1. The Hall–Kier alpha value is -2.82. The molecule has 1 aliphatic heterocycles. The Kier molecular flexibility index (Phi) is 5.10. The molecular weight excluding hydrogens is 338 g/mol. The summed E-state index contributed by atoms with van der Waals surface area (Å²) in [5, 5.41) is 0. The van der Waals surface area contributed by atoms with E-state index < -0.39 is 0 Å². The van der Waals surface area contributed by atoms with Gasteiger partial charge in [-0.15, -0.1) is 0 Å². The van der Waals surface area contributed by atoms with E-state index in [1.807, 2.05) is 60.4 Å². The maximum atomic E-state index is 12.8. The third kappa shape index (κ3) is 3.97. The molecule has 2 aromatic carbocycles. The molecule has 1 atom stereocenters. The zero-order chi connectivity index (χ0) is 18.6. The Morgan fingerprint density at radius 1 is 1.22 bits per heavy atom. The zero-order valence-corrected chi connectivity index (χ0v) is 15.6. The second-order valence-corrected chi connectivity index (χ2v) is 7.07. The zero-order valence-electron chi connectivity index (χ0n) is 15.6. The van der Waals surface area contributed by atoms with Gasteiger partial charge in [-0.2, -0.15) is 0 Å². The standard InChI is InChI=1S/C22H25N3O2/c1-2-27-18-11-9-16(10-12-18)14-21(26)25-13-5-6-17(15-25)22-23-19-7-3-4-8-20(19)24-22/h3-4,7-12,17H,2,5-6,13-15H2,1H3,(H,23,24). The summed E-state index contributed by atoms with van der Waals surface area (Å²) in [5.41, 5.74) is 3.07. The first-order chi connectivity index (χ1) is 13.2. The van der Waals surface area contributed by atoms with Gasteiger partial charge in [0, 0.05) is 19.0 Å². The van der Waals surface area contributed by atoms with E-state index in [9.17, 15) is 4.79 Å². The number of carbonyl (C=O) groups is 1. The van der Waals surface area contributed by atoms with Crippen LogP contribution in [0.15, 0.2) is 48.5 Å². The third-order valence-corrected chi connectivity index (χ3v) is 5.16. The molecule has 1 unspecified atom stereocenters. The predicted molar refractivity (Wildman–Crippen MR) is 106 cm³/mol. The summed E-state index contributed by atoms with van der Waals surface area (Å²) in [5.74, 6) is 2.29. The van der Waals surface area contributed by atoms with Crippen LogP contribution in [0.25, 0.3) is 11.0 Å². The molecule has 4 rings (SSSR count). The van der Waals surface area contributed by atoms with Crippen LogP contribution in [0.3, 0.4) is 0 Å². The van der Waals surface area contributed by atoms with Crippen molar-refractivity contribution in [3.05, 3.63) is 59.9 Å². The lowest BCUT2D eigenvalue weighted by Gasteiger charge is -2.32. The number of fused-ring (bicyclic) bond motifs is 1.